The molecule has 3 heterocycles. The minimum Gasteiger partial charge on any atom is -0.312 e. The lowest BCUT2D eigenvalue weighted by molar-refractivity contribution is -0.117. The number of anilines is 1. The van der Waals surface area contributed by atoms with Gasteiger partial charge in [0.25, 0.3) is 0 Å². The average molecular weight is 368 g/mol. The lowest BCUT2D eigenvalue weighted by atomic mass is 9.98. The fourth-order valence-corrected chi connectivity index (χ4v) is 3.89. The van der Waals surface area contributed by atoms with E-state index in [-0.39, 0.29) is 5.91 Å². The van der Waals surface area contributed by atoms with Gasteiger partial charge in [0.1, 0.15) is 0 Å². The van der Waals surface area contributed by atoms with Gasteiger partial charge in [0.15, 0.2) is 0 Å². The highest BCUT2D eigenvalue weighted by atomic mass is 16.2. The predicted octanol–water partition coefficient (Wildman–Crippen LogP) is 4.43. The standard InChI is InChI=1S/C23H20N4O/c1-26-15-18(14-25-26)16-4-6-17(7-5-16)20-10-11-24-22-9-8-19(13-21(20)22)27-12-2-3-23(27)28/h4-11,13-15H,2-3,12H2,1H3. The lowest BCUT2D eigenvalue weighted by Gasteiger charge is -2.17. The van der Waals surface area contributed by atoms with Crippen LogP contribution in [-0.2, 0) is 11.8 Å². The van der Waals surface area contributed by atoms with Gasteiger partial charge >= 0.3 is 0 Å². The molecule has 2 aromatic carbocycles. The number of benzene rings is 2. The van der Waals surface area contributed by atoms with Gasteiger partial charge in [-0.25, -0.2) is 0 Å². The number of amides is 1. The maximum absolute atomic E-state index is 12.1. The first kappa shape index (κ1) is 16.7. The summed E-state index contributed by atoms with van der Waals surface area (Å²) in [5.74, 6) is 0.200. The predicted molar refractivity (Wildman–Crippen MR) is 111 cm³/mol. The summed E-state index contributed by atoms with van der Waals surface area (Å²) in [4.78, 5) is 18.5. The van der Waals surface area contributed by atoms with Gasteiger partial charge in [0.05, 0.1) is 11.7 Å². The van der Waals surface area contributed by atoms with E-state index in [0.717, 1.165) is 51.8 Å². The number of carbonyl (C=O) groups excluding carboxylic acids is 1. The summed E-state index contributed by atoms with van der Waals surface area (Å²) in [6, 6.07) is 16.6. The summed E-state index contributed by atoms with van der Waals surface area (Å²) in [7, 11) is 1.92. The van der Waals surface area contributed by atoms with Gasteiger partial charge in [0.2, 0.25) is 5.91 Å². The summed E-state index contributed by atoms with van der Waals surface area (Å²) in [6.07, 6.45) is 7.28. The summed E-state index contributed by atoms with van der Waals surface area (Å²) in [6.45, 7) is 0.791. The third kappa shape index (κ3) is 2.85. The van der Waals surface area contributed by atoms with Crippen molar-refractivity contribution in [3.63, 3.8) is 0 Å². The Hall–Kier alpha value is -3.47. The van der Waals surface area contributed by atoms with Crippen molar-refractivity contribution in [3.05, 3.63) is 67.1 Å². The quantitative estimate of drug-likeness (QED) is 0.537. The topological polar surface area (TPSA) is 51.0 Å². The van der Waals surface area contributed by atoms with Crippen LogP contribution >= 0.6 is 0 Å². The second-order valence-corrected chi connectivity index (χ2v) is 7.19. The van der Waals surface area contributed by atoms with Crippen LogP contribution in [0, 0.1) is 0 Å². The molecule has 1 aliphatic heterocycles. The fourth-order valence-electron chi connectivity index (χ4n) is 3.89. The van der Waals surface area contributed by atoms with Gasteiger partial charge < -0.3 is 4.90 Å². The number of aromatic nitrogens is 3. The monoisotopic (exact) mass is 368 g/mol. The van der Waals surface area contributed by atoms with Crippen molar-refractivity contribution in [1.82, 2.24) is 14.8 Å². The summed E-state index contributed by atoms with van der Waals surface area (Å²) < 4.78 is 1.81. The van der Waals surface area contributed by atoms with Crippen LogP contribution in [0.25, 0.3) is 33.2 Å². The van der Waals surface area contributed by atoms with E-state index in [0.29, 0.717) is 6.42 Å². The number of pyridine rings is 1. The molecular formula is C23H20N4O. The zero-order valence-corrected chi connectivity index (χ0v) is 15.7. The highest BCUT2D eigenvalue weighted by molar-refractivity contribution is 6.01. The van der Waals surface area contributed by atoms with Crippen LogP contribution < -0.4 is 4.90 Å². The molecule has 1 amide bonds. The Balaban J connectivity index is 1.57. The van der Waals surface area contributed by atoms with E-state index in [1.54, 1.807) is 4.68 Å². The Bertz CT molecular complexity index is 1180. The normalized spacial score (nSPS) is 14.2. The van der Waals surface area contributed by atoms with Crippen molar-refractivity contribution >= 4 is 22.5 Å². The van der Waals surface area contributed by atoms with Crippen molar-refractivity contribution in [3.8, 4) is 22.3 Å². The maximum Gasteiger partial charge on any atom is 0.227 e. The van der Waals surface area contributed by atoms with E-state index in [4.69, 9.17) is 0 Å². The number of hydrogen-bond donors (Lipinski definition) is 0. The van der Waals surface area contributed by atoms with Crippen molar-refractivity contribution in [2.45, 2.75) is 12.8 Å². The Morgan fingerprint density at radius 3 is 2.50 bits per heavy atom. The largest absolute Gasteiger partial charge is 0.312 e. The smallest absolute Gasteiger partial charge is 0.227 e. The van der Waals surface area contributed by atoms with Gasteiger partial charge in [-0.05, 0) is 47.4 Å². The molecule has 0 spiro atoms. The minimum absolute atomic E-state index is 0.200. The van der Waals surface area contributed by atoms with E-state index < -0.39 is 0 Å². The number of aryl methyl sites for hydroxylation is 1. The molecule has 4 aromatic rings. The Labute approximate surface area is 163 Å². The zero-order valence-electron chi connectivity index (χ0n) is 15.7. The van der Waals surface area contributed by atoms with E-state index in [1.807, 2.05) is 48.7 Å². The highest BCUT2D eigenvalue weighted by Gasteiger charge is 2.22. The third-order valence-electron chi connectivity index (χ3n) is 5.34. The molecule has 5 nitrogen and oxygen atoms in total. The van der Waals surface area contributed by atoms with E-state index in [2.05, 4.69) is 40.4 Å². The van der Waals surface area contributed by atoms with E-state index in [1.165, 1.54) is 0 Å². The molecule has 1 aliphatic rings. The van der Waals surface area contributed by atoms with Gasteiger partial charge in [-0.1, -0.05) is 24.3 Å². The molecule has 1 saturated heterocycles. The molecule has 0 unspecified atom stereocenters. The third-order valence-corrected chi connectivity index (χ3v) is 5.34. The second kappa shape index (κ2) is 6.60. The van der Waals surface area contributed by atoms with Crippen molar-refractivity contribution in [1.29, 1.82) is 0 Å². The second-order valence-electron chi connectivity index (χ2n) is 7.19. The van der Waals surface area contributed by atoms with Crippen LogP contribution in [0.2, 0.25) is 0 Å². The van der Waals surface area contributed by atoms with Crippen molar-refractivity contribution < 1.29 is 4.79 Å². The lowest BCUT2D eigenvalue weighted by Crippen LogP contribution is -2.23. The molecule has 0 radical (unpaired) electrons. The molecule has 0 aliphatic carbocycles. The van der Waals surface area contributed by atoms with Crippen LogP contribution in [0.15, 0.2) is 67.1 Å². The van der Waals surface area contributed by atoms with Crippen LogP contribution in [0.3, 0.4) is 0 Å². The van der Waals surface area contributed by atoms with Crippen molar-refractivity contribution in [2.24, 2.45) is 7.05 Å². The average Bonchev–Trinajstić information content (AvgIpc) is 3.35. The van der Waals surface area contributed by atoms with Crippen molar-refractivity contribution in [2.75, 3.05) is 11.4 Å². The molecule has 28 heavy (non-hydrogen) atoms. The summed E-state index contributed by atoms with van der Waals surface area (Å²) in [5.41, 5.74) is 6.38. The molecule has 0 bridgehead atoms. The number of nitrogens with zero attached hydrogens (tertiary/aromatic N) is 4. The van der Waals surface area contributed by atoms with Crippen LogP contribution in [0.5, 0.6) is 0 Å². The molecule has 0 N–H and O–H groups in total. The summed E-state index contributed by atoms with van der Waals surface area (Å²) in [5, 5.41) is 5.31. The first-order chi connectivity index (χ1) is 13.7. The molecule has 2 aromatic heterocycles. The van der Waals surface area contributed by atoms with Crippen LogP contribution in [0.1, 0.15) is 12.8 Å². The number of carbonyl (C=O) groups is 1. The van der Waals surface area contributed by atoms with E-state index >= 15 is 0 Å². The fraction of sp³-hybridized carbons (Fsp3) is 0.174. The van der Waals surface area contributed by atoms with Crippen LogP contribution in [0.4, 0.5) is 5.69 Å². The number of hydrogen-bond acceptors (Lipinski definition) is 3. The Morgan fingerprint density at radius 2 is 1.79 bits per heavy atom. The minimum atomic E-state index is 0.200. The first-order valence-electron chi connectivity index (χ1n) is 9.48. The Morgan fingerprint density at radius 1 is 0.964 bits per heavy atom. The summed E-state index contributed by atoms with van der Waals surface area (Å²) >= 11 is 0. The van der Waals surface area contributed by atoms with Gasteiger partial charge in [-0.15, -0.1) is 0 Å². The molecule has 1 fully saturated rings. The molecular weight excluding hydrogens is 348 g/mol. The highest BCUT2D eigenvalue weighted by Crippen LogP contribution is 2.33. The molecule has 0 saturated carbocycles. The SMILES string of the molecule is Cn1cc(-c2ccc(-c3ccnc4ccc(N5CCCC5=O)cc34)cc2)cn1. The number of rotatable bonds is 3. The van der Waals surface area contributed by atoms with Gasteiger partial charge in [-0.2, -0.15) is 5.10 Å². The number of fused-ring (bicyclic) bond motifs is 1. The Kier molecular flexibility index (Phi) is 3.93. The maximum atomic E-state index is 12.1. The molecule has 138 valence electrons. The van der Waals surface area contributed by atoms with Gasteiger partial charge in [-0.3, -0.25) is 14.5 Å². The molecule has 5 rings (SSSR count). The zero-order chi connectivity index (χ0) is 19.1. The molecule has 5 heteroatoms. The molecule has 0 atom stereocenters. The van der Waals surface area contributed by atoms with Gasteiger partial charge in [0, 0.05) is 49.0 Å². The first-order valence-corrected chi connectivity index (χ1v) is 9.48. The van der Waals surface area contributed by atoms with Crippen LogP contribution in [-0.4, -0.2) is 27.2 Å². The van der Waals surface area contributed by atoms with E-state index in [9.17, 15) is 4.79 Å².